The van der Waals surface area contributed by atoms with Crippen LogP contribution < -0.4 is 0 Å². The standard InChI is InChI=1S/C13H12N2O4/c1-9-10(8-19-13(18)6-5-12(16)17)15-7-3-2-4-11(15)14-9/h2-7H,8H2,1H3,(H,16,17)/b6-5+. The Balaban J connectivity index is 2.12. The molecule has 0 saturated heterocycles. The molecule has 0 aromatic carbocycles. The molecule has 1 N–H and O–H groups in total. The van der Waals surface area contributed by atoms with Crippen LogP contribution in [0, 0.1) is 6.92 Å². The van der Waals surface area contributed by atoms with Crippen molar-refractivity contribution in [2.45, 2.75) is 13.5 Å². The van der Waals surface area contributed by atoms with E-state index in [0.29, 0.717) is 0 Å². The first kappa shape index (κ1) is 12.8. The molecule has 0 unspecified atom stereocenters. The zero-order valence-electron chi connectivity index (χ0n) is 10.2. The number of hydrogen-bond donors (Lipinski definition) is 1. The summed E-state index contributed by atoms with van der Waals surface area (Å²) in [4.78, 5) is 25.9. The number of ether oxygens (including phenoxy) is 1. The van der Waals surface area contributed by atoms with Gasteiger partial charge in [0.1, 0.15) is 12.3 Å². The van der Waals surface area contributed by atoms with E-state index >= 15 is 0 Å². The molecule has 0 bridgehead atoms. The van der Waals surface area contributed by atoms with Crippen molar-refractivity contribution < 1.29 is 19.4 Å². The van der Waals surface area contributed by atoms with Crippen molar-refractivity contribution in [1.82, 2.24) is 9.38 Å². The Labute approximate surface area is 109 Å². The number of fused-ring (bicyclic) bond motifs is 1. The van der Waals surface area contributed by atoms with E-state index in [1.807, 2.05) is 35.7 Å². The second-order valence-corrected chi connectivity index (χ2v) is 3.85. The largest absolute Gasteiger partial charge is 0.478 e. The molecule has 0 aliphatic heterocycles. The van der Waals surface area contributed by atoms with Crippen LogP contribution in [0.4, 0.5) is 0 Å². The highest BCUT2D eigenvalue weighted by atomic mass is 16.5. The predicted octanol–water partition coefficient (Wildman–Crippen LogP) is 1.33. The van der Waals surface area contributed by atoms with Crippen LogP contribution in [-0.2, 0) is 20.9 Å². The van der Waals surface area contributed by atoms with Crippen LogP contribution in [0.3, 0.4) is 0 Å². The van der Waals surface area contributed by atoms with Crippen molar-refractivity contribution >= 4 is 17.6 Å². The molecule has 0 radical (unpaired) electrons. The third-order valence-corrected chi connectivity index (χ3v) is 2.54. The number of carbonyl (C=O) groups excluding carboxylic acids is 1. The molecule has 2 rings (SSSR count). The van der Waals surface area contributed by atoms with Gasteiger partial charge in [0.25, 0.3) is 0 Å². The van der Waals surface area contributed by atoms with Gasteiger partial charge in [-0.25, -0.2) is 14.6 Å². The first-order valence-corrected chi connectivity index (χ1v) is 5.58. The van der Waals surface area contributed by atoms with Gasteiger partial charge in [0.2, 0.25) is 0 Å². The molecule has 6 nitrogen and oxygen atoms in total. The summed E-state index contributed by atoms with van der Waals surface area (Å²) in [6.45, 7) is 1.86. The molecule has 0 aliphatic carbocycles. The van der Waals surface area contributed by atoms with Crippen molar-refractivity contribution in [3.63, 3.8) is 0 Å². The highest BCUT2D eigenvalue weighted by molar-refractivity contribution is 5.90. The third-order valence-electron chi connectivity index (χ3n) is 2.54. The summed E-state index contributed by atoms with van der Waals surface area (Å²) in [5.41, 5.74) is 2.29. The highest BCUT2D eigenvalue weighted by Gasteiger charge is 2.09. The van der Waals surface area contributed by atoms with Crippen LogP contribution in [0.1, 0.15) is 11.4 Å². The molecule has 19 heavy (non-hydrogen) atoms. The topological polar surface area (TPSA) is 80.9 Å². The van der Waals surface area contributed by atoms with Gasteiger partial charge >= 0.3 is 11.9 Å². The molecule has 0 aliphatic rings. The lowest BCUT2D eigenvalue weighted by molar-refractivity contribution is -0.140. The molecule has 0 fully saturated rings. The zero-order chi connectivity index (χ0) is 13.8. The summed E-state index contributed by atoms with van der Waals surface area (Å²) in [6.07, 6.45) is 3.44. The van der Waals surface area contributed by atoms with Gasteiger partial charge in [0.05, 0.1) is 11.4 Å². The molecule has 2 aromatic heterocycles. The minimum Gasteiger partial charge on any atom is -0.478 e. The maximum Gasteiger partial charge on any atom is 0.331 e. The summed E-state index contributed by atoms with van der Waals surface area (Å²) in [7, 11) is 0. The Bertz CT molecular complexity index is 658. The monoisotopic (exact) mass is 260 g/mol. The van der Waals surface area contributed by atoms with Crippen LogP contribution in [-0.4, -0.2) is 26.4 Å². The molecular weight excluding hydrogens is 248 g/mol. The van der Waals surface area contributed by atoms with E-state index in [9.17, 15) is 9.59 Å². The molecular formula is C13H12N2O4. The lowest BCUT2D eigenvalue weighted by atomic mass is 10.3. The quantitative estimate of drug-likeness (QED) is 0.662. The summed E-state index contributed by atoms with van der Waals surface area (Å²) in [6, 6.07) is 5.57. The SMILES string of the molecule is Cc1nc2ccccn2c1COC(=O)/C=C/C(=O)O. The van der Waals surface area contributed by atoms with E-state index in [1.54, 1.807) is 0 Å². The Morgan fingerprint density at radius 1 is 1.42 bits per heavy atom. The molecule has 0 spiro atoms. The smallest absolute Gasteiger partial charge is 0.331 e. The van der Waals surface area contributed by atoms with E-state index in [2.05, 4.69) is 4.98 Å². The number of aliphatic carboxylic acids is 1. The molecule has 6 heteroatoms. The number of esters is 1. The van der Waals surface area contributed by atoms with Crippen molar-refractivity contribution in [1.29, 1.82) is 0 Å². The summed E-state index contributed by atoms with van der Waals surface area (Å²) in [5.74, 6) is -1.89. The number of aromatic nitrogens is 2. The van der Waals surface area contributed by atoms with Gasteiger partial charge in [-0.15, -0.1) is 0 Å². The number of carbonyl (C=O) groups is 2. The average Bonchev–Trinajstić information content (AvgIpc) is 2.69. The number of imidazole rings is 1. The number of carboxylic acid groups (broad SMARTS) is 1. The lowest BCUT2D eigenvalue weighted by Gasteiger charge is -2.03. The Morgan fingerprint density at radius 3 is 2.95 bits per heavy atom. The number of rotatable bonds is 4. The number of hydrogen-bond acceptors (Lipinski definition) is 4. The normalized spacial score (nSPS) is 11.0. The van der Waals surface area contributed by atoms with Crippen molar-refractivity contribution in [2.75, 3.05) is 0 Å². The molecule has 0 atom stereocenters. The number of pyridine rings is 1. The summed E-state index contributed by atoms with van der Waals surface area (Å²) in [5, 5.41) is 8.39. The highest BCUT2D eigenvalue weighted by Crippen LogP contribution is 2.12. The second-order valence-electron chi connectivity index (χ2n) is 3.85. The second kappa shape index (κ2) is 5.34. The van der Waals surface area contributed by atoms with E-state index in [4.69, 9.17) is 9.84 Å². The molecule has 0 saturated carbocycles. The van der Waals surface area contributed by atoms with Crippen LogP contribution in [0.15, 0.2) is 36.5 Å². The average molecular weight is 260 g/mol. The minimum atomic E-state index is -1.19. The molecule has 2 aromatic rings. The van der Waals surface area contributed by atoms with Gasteiger partial charge < -0.3 is 14.2 Å². The summed E-state index contributed by atoms with van der Waals surface area (Å²) >= 11 is 0. The van der Waals surface area contributed by atoms with Gasteiger partial charge in [0, 0.05) is 18.3 Å². The number of carboxylic acids is 1. The van der Waals surface area contributed by atoms with E-state index < -0.39 is 11.9 Å². The van der Waals surface area contributed by atoms with Gasteiger partial charge in [-0.1, -0.05) is 6.07 Å². The van der Waals surface area contributed by atoms with Crippen molar-refractivity contribution in [3.8, 4) is 0 Å². The van der Waals surface area contributed by atoms with Crippen molar-refractivity contribution in [3.05, 3.63) is 47.9 Å². The van der Waals surface area contributed by atoms with Crippen LogP contribution in [0.5, 0.6) is 0 Å². The fourth-order valence-electron chi connectivity index (χ4n) is 1.67. The van der Waals surface area contributed by atoms with Gasteiger partial charge in [-0.05, 0) is 19.1 Å². The van der Waals surface area contributed by atoms with Gasteiger partial charge in [-0.2, -0.15) is 0 Å². The van der Waals surface area contributed by atoms with E-state index in [1.165, 1.54) is 0 Å². The fraction of sp³-hybridized carbons (Fsp3) is 0.154. The van der Waals surface area contributed by atoms with Gasteiger partial charge in [-0.3, -0.25) is 0 Å². The molecule has 0 amide bonds. The molecule has 98 valence electrons. The van der Waals surface area contributed by atoms with E-state index in [0.717, 1.165) is 29.2 Å². The molecule has 2 heterocycles. The van der Waals surface area contributed by atoms with E-state index in [-0.39, 0.29) is 6.61 Å². The van der Waals surface area contributed by atoms with Crippen molar-refractivity contribution in [2.24, 2.45) is 0 Å². The first-order valence-electron chi connectivity index (χ1n) is 5.58. The maximum atomic E-state index is 11.3. The number of aryl methyl sites for hydroxylation is 1. The lowest BCUT2D eigenvalue weighted by Crippen LogP contribution is -2.05. The summed E-state index contributed by atoms with van der Waals surface area (Å²) < 4.78 is 6.80. The number of nitrogens with zero attached hydrogens (tertiary/aromatic N) is 2. The van der Waals surface area contributed by atoms with Gasteiger partial charge in [0.15, 0.2) is 0 Å². The Hall–Kier alpha value is -2.63. The van der Waals surface area contributed by atoms with Crippen LogP contribution >= 0.6 is 0 Å². The Kier molecular flexibility index (Phi) is 3.61. The first-order chi connectivity index (χ1) is 9.08. The van der Waals surface area contributed by atoms with Crippen LogP contribution in [0.25, 0.3) is 5.65 Å². The predicted molar refractivity (Wildman–Crippen MR) is 66.5 cm³/mol. The zero-order valence-corrected chi connectivity index (χ0v) is 10.2. The van der Waals surface area contributed by atoms with Crippen LogP contribution in [0.2, 0.25) is 0 Å². The third kappa shape index (κ3) is 2.98. The fourth-order valence-corrected chi connectivity index (χ4v) is 1.67. The maximum absolute atomic E-state index is 11.3. The minimum absolute atomic E-state index is 0.0415. The Morgan fingerprint density at radius 2 is 2.21 bits per heavy atom.